The van der Waals surface area contributed by atoms with Crippen molar-refractivity contribution in [1.82, 2.24) is 9.97 Å². The van der Waals surface area contributed by atoms with Crippen molar-refractivity contribution in [2.24, 2.45) is 11.5 Å². The van der Waals surface area contributed by atoms with Crippen LogP contribution in [-0.4, -0.2) is 39.0 Å². The summed E-state index contributed by atoms with van der Waals surface area (Å²) >= 11 is 0. The van der Waals surface area contributed by atoms with Gasteiger partial charge >= 0.3 is 5.97 Å². The van der Waals surface area contributed by atoms with Crippen LogP contribution in [0.1, 0.15) is 52.2 Å². The van der Waals surface area contributed by atoms with Gasteiger partial charge in [-0.3, -0.25) is 4.79 Å². The minimum Gasteiger partial charge on any atom is -0.478 e. The number of rotatable bonds is 6. The fraction of sp³-hybridized carbons (Fsp3) is 0.368. The Labute approximate surface area is 162 Å². The molecule has 1 aliphatic rings. The number of nitrogens with one attached hydrogen (secondary N) is 2. The van der Waals surface area contributed by atoms with Crippen LogP contribution in [0.4, 0.5) is 17.2 Å². The summed E-state index contributed by atoms with van der Waals surface area (Å²) in [6.07, 6.45) is 5.69. The highest BCUT2D eigenvalue weighted by molar-refractivity contribution is 5.98. The summed E-state index contributed by atoms with van der Waals surface area (Å²) in [4.78, 5) is 31.5. The first-order valence-electron chi connectivity index (χ1n) is 9.14. The quantitative estimate of drug-likeness (QED) is 0.506. The van der Waals surface area contributed by atoms with Gasteiger partial charge < -0.3 is 27.2 Å². The maximum Gasteiger partial charge on any atom is 0.335 e. The average Bonchev–Trinajstić information content (AvgIpc) is 2.63. The summed E-state index contributed by atoms with van der Waals surface area (Å²) < 4.78 is 0. The molecular formula is C19H24N6O3. The maximum atomic E-state index is 11.8. The second-order valence-corrected chi connectivity index (χ2v) is 7.00. The van der Waals surface area contributed by atoms with Gasteiger partial charge in [0.05, 0.1) is 23.1 Å². The third-order valence-electron chi connectivity index (χ3n) is 4.76. The molecule has 1 amide bonds. The van der Waals surface area contributed by atoms with Crippen LogP contribution in [0.5, 0.6) is 0 Å². The van der Waals surface area contributed by atoms with Crippen molar-refractivity contribution in [3.63, 3.8) is 0 Å². The molecule has 0 aromatic carbocycles. The molecular weight excluding hydrogens is 360 g/mol. The zero-order chi connectivity index (χ0) is 20.3. The third kappa shape index (κ3) is 4.55. The van der Waals surface area contributed by atoms with Crippen LogP contribution in [0, 0.1) is 6.92 Å². The monoisotopic (exact) mass is 384 g/mol. The van der Waals surface area contributed by atoms with Gasteiger partial charge in [-0.15, -0.1) is 0 Å². The Morgan fingerprint density at radius 1 is 1.21 bits per heavy atom. The molecule has 0 aliphatic heterocycles. The number of carbonyl (C=O) groups is 2. The smallest absolute Gasteiger partial charge is 0.335 e. The van der Waals surface area contributed by atoms with Crippen LogP contribution < -0.4 is 22.1 Å². The lowest BCUT2D eigenvalue weighted by atomic mass is 9.91. The van der Waals surface area contributed by atoms with Gasteiger partial charge in [0.15, 0.2) is 5.69 Å². The van der Waals surface area contributed by atoms with Gasteiger partial charge in [-0.25, -0.2) is 14.8 Å². The van der Waals surface area contributed by atoms with Gasteiger partial charge in [-0.05, 0) is 38.0 Å². The lowest BCUT2D eigenvalue weighted by Crippen LogP contribution is -2.42. The van der Waals surface area contributed by atoms with Crippen molar-refractivity contribution in [1.29, 1.82) is 0 Å². The van der Waals surface area contributed by atoms with E-state index >= 15 is 0 Å². The largest absolute Gasteiger partial charge is 0.478 e. The van der Waals surface area contributed by atoms with E-state index in [1.54, 1.807) is 19.2 Å². The summed E-state index contributed by atoms with van der Waals surface area (Å²) in [7, 11) is 0. The SMILES string of the molecule is Cc1cc(C(=O)O)cc(Nc2cc(N[C@@H]3CCCC[C@@H]3N)cnc2C(N)=O)n1. The predicted molar refractivity (Wildman–Crippen MR) is 106 cm³/mol. The highest BCUT2D eigenvalue weighted by Crippen LogP contribution is 2.26. The van der Waals surface area contributed by atoms with Crippen LogP contribution in [0.3, 0.4) is 0 Å². The van der Waals surface area contributed by atoms with E-state index in [2.05, 4.69) is 20.6 Å². The number of primary amides is 1. The summed E-state index contributed by atoms with van der Waals surface area (Å²) in [5, 5.41) is 15.6. The van der Waals surface area contributed by atoms with Crippen LogP contribution in [-0.2, 0) is 0 Å². The fourth-order valence-electron chi connectivity index (χ4n) is 3.38. The zero-order valence-corrected chi connectivity index (χ0v) is 15.6. The summed E-state index contributed by atoms with van der Waals surface area (Å²) in [5.41, 5.74) is 13.3. The van der Waals surface area contributed by atoms with Gasteiger partial charge in [-0.2, -0.15) is 0 Å². The maximum absolute atomic E-state index is 11.8. The van der Waals surface area contributed by atoms with E-state index in [1.165, 1.54) is 12.1 Å². The predicted octanol–water partition coefficient (Wildman–Crippen LogP) is 2.01. The Morgan fingerprint density at radius 3 is 2.64 bits per heavy atom. The second-order valence-electron chi connectivity index (χ2n) is 7.00. The highest BCUT2D eigenvalue weighted by Gasteiger charge is 2.22. The Balaban J connectivity index is 1.90. The molecule has 1 saturated carbocycles. The number of carbonyl (C=O) groups excluding carboxylic acids is 1. The lowest BCUT2D eigenvalue weighted by Gasteiger charge is -2.30. The number of carboxylic acids is 1. The molecule has 0 bridgehead atoms. The van der Waals surface area contributed by atoms with E-state index in [0.29, 0.717) is 17.1 Å². The first-order chi connectivity index (χ1) is 13.3. The van der Waals surface area contributed by atoms with E-state index in [-0.39, 0.29) is 29.2 Å². The Hall–Kier alpha value is -3.20. The second kappa shape index (κ2) is 8.22. The fourth-order valence-corrected chi connectivity index (χ4v) is 3.38. The van der Waals surface area contributed by atoms with Gasteiger partial charge in [0.25, 0.3) is 5.91 Å². The molecule has 0 unspecified atom stereocenters. The molecule has 0 radical (unpaired) electrons. The zero-order valence-electron chi connectivity index (χ0n) is 15.6. The van der Waals surface area contributed by atoms with Gasteiger partial charge in [0, 0.05) is 17.8 Å². The number of aromatic nitrogens is 2. The molecule has 0 saturated heterocycles. The average molecular weight is 384 g/mol. The number of aromatic carboxylic acids is 1. The number of pyridine rings is 2. The van der Waals surface area contributed by atoms with Crippen molar-refractivity contribution < 1.29 is 14.7 Å². The van der Waals surface area contributed by atoms with Crippen molar-refractivity contribution in [3.8, 4) is 0 Å². The van der Waals surface area contributed by atoms with E-state index in [4.69, 9.17) is 11.5 Å². The van der Waals surface area contributed by atoms with Crippen molar-refractivity contribution in [2.45, 2.75) is 44.7 Å². The van der Waals surface area contributed by atoms with E-state index in [0.717, 1.165) is 25.7 Å². The van der Waals surface area contributed by atoms with Crippen molar-refractivity contribution in [3.05, 3.63) is 41.3 Å². The standard InChI is InChI=1S/C19H24N6O3/c1-10-6-11(19(27)28)7-16(23-10)25-15-8-12(9-22-17(15)18(21)26)24-14-5-3-2-4-13(14)20/h6-9,13-14,24H,2-5,20H2,1H3,(H2,21,26)(H,23,25)(H,27,28)/t13-,14+/m0/s1. The molecule has 1 fully saturated rings. The third-order valence-corrected chi connectivity index (χ3v) is 4.76. The highest BCUT2D eigenvalue weighted by atomic mass is 16.4. The van der Waals surface area contributed by atoms with Crippen LogP contribution >= 0.6 is 0 Å². The molecule has 2 aromatic heterocycles. The molecule has 2 heterocycles. The number of carboxylic acid groups (broad SMARTS) is 1. The molecule has 0 spiro atoms. The Morgan fingerprint density at radius 2 is 1.96 bits per heavy atom. The summed E-state index contributed by atoms with van der Waals surface area (Å²) in [6.45, 7) is 1.69. The van der Waals surface area contributed by atoms with Crippen molar-refractivity contribution in [2.75, 3.05) is 10.6 Å². The molecule has 9 nitrogen and oxygen atoms in total. The Kier molecular flexibility index (Phi) is 5.74. The Bertz CT molecular complexity index is 901. The minimum absolute atomic E-state index is 0.0404. The van der Waals surface area contributed by atoms with Gasteiger partial charge in [-0.1, -0.05) is 12.8 Å². The summed E-state index contributed by atoms with van der Waals surface area (Å²) in [6, 6.07) is 4.73. The van der Waals surface area contributed by atoms with E-state index < -0.39 is 11.9 Å². The van der Waals surface area contributed by atoms with Gasteiger partial charge in [0.2, 0.25) is 0 Å². The first kappa shape index (κ1) is 19.6. The first-order valence-corrected chi connectivity index (χ1v) is 9.14. The van der Waals surface area contributed by atoms with E-state index in [1.807, 2.05) is 0 Å². The molecule has 2 aromatic rings. The molecule has 9 heteroatoms. The molecule has 2 atom stereocenters. The van der Waals surface area contributed by atoms with Crippen LogP contribution in [0.25, 0.3) is 0 Å². The van der Waals surface area contributed by atoms with E-state index in [9.17, 15) is 14.7 Å². The number of amides is 1. The summed E-state index contributed by atoms with van der Waals surface area (Å²) in [5.74, 6) is -1.48. The molecule has 3 rings (SSSR count). The van der Waals surface area contributed by atoms with Crippen molar-refractivity contribution >= 4 is 29.1 Å². The van der Waals surface area contributed by atoms with Crippen LogP contribution in [0.2, 0.25) is 0 Å². The molecule has 148 valence electrons. The molecule has 1 aliphatic carbocycles. The lowest BCUT2D eigenvalue weighted by molar-refractivity contribution is 0.0696. The topological polar surface area (TPSA) is 156 Å². The number of anilines is 3. The minimum atomic E-state index is -1.07. The number of nitrogens with zero attached hydrogens (tertiary/aromatic N) is 2. The van der Waals surface area contributed by atoms with Crippen LogP contribution in [0.15, 0.2) is 24.4 Å². The normalized spacial score (nSPS) is 19.1. The number of aryl methyl sites for hydroxylation is 1. The molecule has 7 N–H and O–H groups in total. The number of nitrogens with two attached hydrogens (primary N) is 2. The van der Waals surface area contributed by atoms with Gasteiger partial charge in [0.1, 0.15) is 5.82 Å². The number of hydrogen-bond donors (Lipinski definition) is 5. The molecule has 28 heavy (non-hydrogen) atoms. The number of hydrogen-bond acceptors (Lipinski definition) is 7.